The Morgan fingerprint density at radius 3 is 2.55 bits per heavy atom. The van der Waals surface area contributed by atoms with Crippen LogP contribution in [0.25, 0.3) is 11.0 Å². The van der Waals surface area contributed by atoms with Crippen molar-refractivity contribution in [2.24, 2.45) is 0 Å². The highest BCUT2D eigenvalue weighted by molar-refractivity contribution is 5.74. The molecule has 102 valence electrons. The zero-order valence-corrected chi connectivity index (χ0v) is 11.8. The van der Waals surface area contributed by atoms with Crippen LogP contribution in [0, 0.1) is 13.8 Å². The van der Waals surface area contributed by atoms with Crippen molar-refractivity contribution in [1.29, 1.82) is 0 Å². The Balaban J connectivity index is 1.71. The molecule has 3 rings (SSSR count). The van der Waals surface area contributed by atoms with Crippen LogP contribution in [0.3, 0.4) is 0 Å². The van der Waals surface area contributed by atoms with Crippen molar-refractivity contribution in [2.75, 3.05) is 6.61 Å². The summed E-state index contributed by atoms with van der Waals surface area (Å²) < 4.78 is 8.07. The highest BCUT2D eigenvalue weighted by Crippen LogP contribution is 2.22. The fourth-order valence-electron chi connectivity index (χ4n) is 2.46. The Bertz CT molecular complexity index is 710. The third kappa shape index (κ3) is 2.39. The largest absolute Gasteiger partial charge is 0.491 e. The molecule has 0 aliphatic rings. The topological polar surface area (TPSA) is 27.1 Å². The Labute approximate surface area is 118 Å². The maximum atomic E-state index is 5.94. The Kier molecular flexibility index (Phi) is 3.42. The lowest BCUT2D eigenvalue weighted by Gasteiger charge is -2.12. The van der Waals surface area contributed by atoms with Gasteiger partial charge >= 0.3 is 0 Å². The van der Waals surface area contributed by atoms with Gasteiger partial charge in [-0.25, -0.2) is 4.98 Å². The maximum Gasteiger partial charge on any atom is 0.125 e. The van der Waals surface area contributed by atoms with Gasteiger partial charge < -0.3 is 9.30 Å². The standard InChI is InChI=1S/C17H18N2O/c1-13-6-5-7-14(2)17(13)20-11-10-19-12-18-15-8-3-4-9-16(15)19/h3-9,12H,10-11H2,1-2H3. The van der Waals surface area contributed by atoms with Gasteiger partial charge in [0.1, 0.15) is 12.4 Å². The van der Waals surface area contributed by atoms with Crippen LogP contribution in [0.2, 0.25) is 0 Å². The monoisotopic (exact) mass is 266 g/mol. The number of hydrogen-bond acceptors (Lipinski definition) is 2. The van der Waals surface area contributed by atoms with E-state index in [1.54, 1.807) is 0 Å². The summed E-state index contributed by atoms with van der Waals surface area (Å²) >= 11 is 0. The molecule has 2 aromatic carbocycles. The molecule has 1 heterocycles. The molecule has 0 N–H and O–H groups in total. The number of aryl methyl sites for hydroxylation is 2. The van der Waals surface area contributed by atoms with E-state index in [1.807, 2.05) is 24.5 Å². The number of hydrogen-bond donors (Lipinski definition) is 0. The van der Waals surface area contributed by atoms with Gasteiger partial charge in [0.2, 0.25) is 0 Å². The molecular weight excluding hydrogens is 248 g/mol. The van der Waals surface area contributed by atoms with Crippen molar-refractivity contribution in [3.05, 3.63) is 59.9 Å². The van der Waals surface area contributed by atoms with Crippen LogP contribution in [0.15, 0.2) is 48.8 Å². The van der Waals surface area contributed by atoms with Crippen LogP contribution in [-0.4, -0.2) is 16.2 Å². The van der Waals surface area contributed by atoms with Gasteiger partial charge in [0, 0.05) is 0 Å². The van der Waals surface area contributed by atoms with Crippen LogP contribution >= 0.6 is 0 Å². The molecular formula is C17H18N2O. The molecule has 0 spiro atoms. The molecule has 0 saturated carbocycles. The van der Waals surface area contributed by atoms with Gasteiger partial charge in [0.15, 0.2) is 0 Å². The third-order valence-electron chi connectivity index (χ3n) is 3.51. The molecule has 0 aliphatic carbocycles. The first-order chi connectivity index (χ1) is 9.75. The van der Waals surface area contributed by atoms with E-state index < -0.39 is 0 Å². The molecule has 0 fully saturated rings. The lowest BCUT2D eigenvalue weighted by Crippen LogP contribution is -2.08. The van der Waals surface area contributed by atoms with Crippen molar-refractivity contribution in [1.82, 2.24) is 9.55 Å². The highest BCUT2D eigenvalue weighted by atomic mass is 16.5. The number of aromatic nitrogens is 2. The lowest BCUT2D eigenvalue weighted by atomic mass is 10.1. The molecule has 0 bridgehead atoms. The molecule has 0 amide bonds. The van der Waals surface area contributed by atoms with E-state index in [0.29, 0.717) is 6.61 Å². The average Bonchev–Trinajstić information content (AvgIpc) is 2.86. The second-order valence-corrected chi connectivity index (χ2v) is 5.00. The molecule has 0 atom stereocenters. The van der Waals surface area contributed by atoms with E-state index in [4.69, 9.17) is 4.74 Å². The Morgan fingerprint density at radius 1 is 1.00 bits per heavy atom. The van der Waals surface area contributed by atoms with Crippen LogP contribution in [0.5, 0.6) is 5.75 Å². The highest BCUT2D eigenvalue weighted by Gasteiger charge is 2.04. The Morgan fingerprint density at radius 2 is 1.75 bits per heavy atom. The molecule has 0 radical (unpaired) electrons. The van der Waals surface area contributed by atoms with Crippen molar-refractivity contribution in [3.8, 4) is 5.75 Å². The van der Waals surface area contributed by atoms with E-state index in [9.17, 15) is 0 Å². The summed E-state index contributed by atoms with van der Waals surface area (Å²) in [7, 11) is 0. The minimum atomic E-state index is 0.645. The van der Waals surface area contributed by atoms with Gasteiger partial charge in [0.05, 0.1) is 23.9 Å². The molecule has 20 heavy (non-hydrogen) atoms. The molecule has 3 heteroatoms. The second-order valence-electron chi connectivity index (χ2n) is 5.00. The van der Waals surface area contributed by atoms with E-state index >= 15 is 0 Å². The summed E-state index contributed by atoms with van der Waals surface area (Å²) in [5, 5.41) is 0. The van der Waals surface area contributed by atoms with E-state index in [2.05, 4.69) is 47.7 Å². The SMILES string of the molecule is Cc1cccc(C)c1OCCn1cnc2ccccc21. The molecule has 0 saturated heterocycles. The number of para-hydroxylation sites is 3. The predicted octanol–water partition coefficient (Wildman–Crippen LogP) is 3.73. The molecule has 1 aromatic heterocycles. The van der Waals surface area contributed by atoms with Crippen molar-refractivity contribution in [3.63, 3.8) is 0 Å². The number of nitrogens with zero attached hydrogens (tertiary/aromatic N) is 2. The first-order valence-corrected chi connectivity index (χ1v) is 6.84. The fraction of sp³-hybridized carbons (Fsp3) is 0.235. The lowest BCUT2D eigenvalue weighted by molar-refractivity contribution is 0.296. The zero-order valence-electron chi connectivity index (χ0n) is 11.8. The van der Waals surface area contributed by atoms with Gasteiger partial charge in [-0.3, -0.25) is 0 Å². The average molecular weight is 266 g/mol. The first-order valence-electron chi connectivity index (χ1n) is 6.84. The predicted molar refractivity (Wildman–Crippen MR) is 81.1 cm³/mol. The van der Waals surface area contributed by atoms with E-state index in [1.165, 1.54) is 11.1 Å². The summed E-state index contributed by atoms with van der Waals surface area (Å²) in [4.78, 5) is 4.39. The van der Waals surface area contributed by atoms with Gasteiger partial charge in [-0.05, 0) is 37.1 Å². The number of ether oxygens (including phenoxy) is 1. The number of fused-ring (bicyclic) bond motifs is 1. The van der Waals surface area contributed by atoms with Crippen LogP contribution < -0.4 is 4.74 Å². The smallest absolute Gasteiger partial charge is 0.125 e. The number of benzene rings is 2. The normalized spacial score (nSPS) is 10.9. The van der Waals surface area contributed by atoms with Gasteiger partial charge in [-0.1, -0.05) is 30.3 Å². The number of imidazole rings is 1. The van der Waals surface area contributed by atoms with Gasteiger partial charge in [0.25, 0.3) is 0 Å². The molecule has 0 unspecified atom stereocenters. The van der Waals surface area contributed by atoms with Crippen LogP contribution in [0.4, 0.5) is 0 Å². The fourth-order valence-corrected chi connectivity index (χ4v) is 2.46. The van der Waals surface area contributed by atoms with E-state index in [0.717, 1.165) is 23.3 Å². The maximum absolute atomic E-state index is 5.94. The van der Waals surface area contributed by atoms with Crippen LogP contribution in [-0.2, 0) is 6.54 Å². The summed E-state index contributed by atoms with van der Waals surface area (Å²) in [5.74, 6) is 0.997. The summed E-state index contributed by atoms with van der Waals surface area (Å²) in [5.41, 5.74) is 4.54. The van der Waals surface area contributed by atoms with Gasteiger partial charge in [-0.15, -0.1) is 0 Å². The van der Waals surface area contributed by atoms with Crippen LogP contribution in [0.1, 0.15) is 11.1 Å². The number of rotatable bonds is 4. The minimum absolute atomic E-state index is 0.645. The quantitative estimate of drug-likeness (QED) is 0.719. The van der Waals surface area contributed by atoms with E-state index in [-0.39, 0.29) is 0 Å². The zero-order chi connectivity index (χ0) is 13.9. The van der Waals surface area contributed by atoms with Crippen molar-refractivity contribution >= 4 is 11.0 Å². The van der Waals surface area contributed by atoms with Crippen molar-refractivity contribution < 1.29 is 4.74 Å². The van der Waals surface area contributed by atoms with Gasteiger partial charge in [-0.2, -0.15) is 0 Å². The molecule has 3 aromatic rings. The third-order valence-corrected chi connectivity index (χ3v) is 3.51. The second kappa shape index (κ2) is 5.37. The Hall–Kier alpha value is -2.29. The minimum Gasteiger partial charge on any atom is -0.491 e. The summed E-state index contributed by atoms with van der Waals surface area (Å²) in [6.45, 7) is 5.60. The summed E-state index contributed by atoms with van der Waals surface area (Å²) in [6, 6.07) is 14.4. The molecule has 0 aliphatic heterocycles. The first kappa shape index (κ1) is 12.7. The summed E-state index contributed by atoms with van der Waals surface area (Å²) in [6.07, 6.45) is 1.87. The molecule has 3 nitrogen and oxygen atoms in total. The van der Waals surface area contributed by atoms with Crippen molar-refractivity contribution in [2.45, 2.75) is 20.4 Å².